The van der Waals surface area contributed by atoms with Crippen LogP contribution in [0, 0.1) is 5.82 Å². The highest BCUT2D eigenvalue weighted by Gasteiger charge is 2.40. The minimum Gasteiger partial charge on any atom is -0.383 e. The van der Waals surface area contributed by atoms with Gasteiger partial charge in [-0.05, 0) is 6.07 Å². The predicted octanol–water partition coefficient (Wildman–Crippen LogP) is 0.922. The maximum Gasteiger partial charge on any atom is 0.319 e. The SMILES string of the molecule is COCCN1CC2=C(C1=O)C(c1ccccc1F)NC(=O)N2. The number of benzene rings is 1. The monoisotopic (exact) mass is 305 g/mol. The molecule has 3 rings (SSSR count). The lowest BCUT2D eigenvalue weighted by atomic mass is 9.96. The first kappa shape index (κ1) is 14.5. The minimum absolute atomic E-state index is 0.215. The van der Waals surface area contributed by atoms with Crippen LogP contribution in [0.15, 0.2) is 35.5 Å². The highest BCUT2D eigenvalue weighted by molar-refractivity contribution is 6.01. The summed E-state index contributed by atoms with van der Waals surface area (Å²) in [6.07, 6.45) is 0. The van der Waals surface area contributed by atoms with Crippen LogP contribution >= 0.6 is 0 Å². The molecule has 6 nitrogen and oxygen atoms in total. The highest BCUT2D eigenvalue weighted by Crippen LogP contribution is 2.33. The van der Waals surface area contributed by atoms with Crippen LogP contribution in [-0.2, 0) is 9.53 Å². The van der Waals surface area contributed by atoms with Crippen molar-refractivity contribution in [3.8, 4) is 0 Å². The summed E-state index contributed by atoms with van der Waals surface area (Å²) in [7, 11) is 1.55. The van der Waals surface area contributed by atoms with Gasteiger partial charge in [-0.15, -0.1) is 0 Å². The number of ether oxygens (including phenoxy) is 1. The van der Waals surface area contributed by atoms with E-state index in [1.807, 2.05) is 0 Å². The van der Waals surface area contributed by atoms with Crippen LogP contribution in [0.5, 0.6) is 0 Å². The van der Waals surface area contributed by atoms with Gasteiger partial charge in [0.05, 0.1) is 30.5 Å². The molecule has 0 spiro atoms. The quantitative estimate of drug-likeness (QED) is 0.869. The average Bonchev–Trinajstić information content (AvgIpc) is 2.81. The number of methoxy groups -OCH3 is 1. The van der Waals surface area contributed by atoms with E-state index in [2.05, 4.69) is 10.6 Å². The standard InChI is InChI=1S/C15H16FN3O3/c1-22-7-6-19-8-11-12(14(19)20)13(18-15(21)17-11)9-4-2-3-5-10(9)16/h2-5,13H,6-8H2,1H3,(H2,17,18,21). The van der Waals surface area contributed by atoms with Gasteiger partial charge in [-0.2, -0.15) is 0 Å². The van der Waals surface area contributed by atoms with E-state index in [1.165, 1.54) is 6.07 Å². The number of nitrogens with one attached hydrogen (secondary N) is 2. The van der Waals surface area contributed by atoms with E-state index < -0.39 is 17.9 Å². The third-order valence-electron chi connectivity index (χ3n) is 3.80. The number of carbonyl (C=O) groups excluding carboxylic acids is 2. The summed E-state index contributed by atoms with van der Waals surface area (Å²) in [5.74, 6) is -0.669. The van der Waals surface area contributed by atoms with Gasteiger partial charge >= 0.3 is 6.03 Å². The van der Waals surface area contributed by atoms with Crippen molar-refractivity contribution >= 4 is 11.9 Å². The lowest BCUT2D eigenvalue weighted by molar-refractivity contribution is -0.126. The van der Waals surface area contributed by atoms with Crippen LogP contribution in [0.2, 0.25) is 0 Å². The van der Waals surface area contributed by atoms with Crippen LogP contribution in [0.25, 0.3) is 0 Å². The Labute approximate surface area is 126 Å². The van der Waals surface area contributed by atoms with Crippen molar-refractivity contribution in [2.75, 3.05) is 26.8 Å². The summed E-state index contributed by atoms with van der Waals surface area (Å²) in [4.78, 5) is 25.9. The van der Waals surface area contributed by atoms with Crippen molar-refractivity contribution in [3.05, 3.63) is 46.9 Å². The molecule has 0 aromatic heterocycles. The molecule has 1 aromatic rings. The van der Waals surface area contributed by atoms with E-state index in [0.29, 0.717) is 31.0 Å². The number of hydrogen-bond acceptors (Lipinski definition) is 3. The largest absolute Gasteiger partial charge is 0.383 e. The Morgan fingerprint density at radius 2 is 2.14 bits per heavy atom. The molecule has 0 saturated heterocycles. The van der Waals surface area contributed by atoms with Gasteiger partial charge in [-0.25, -0.2) is 9.18 Å². The van der Waals surface area contributed by atoms with Crippen LogP contribution < -0.4 is 10.6 Å². The first-order chi connectivity index (χ1) is 10.6. The normalized spacial score (nSPS) is 20.8. The zero-order valence-corrected chi connectivity index (χ0v) is 12.1. The average molecular weight is 305 g/mol. The zero-order valence-electron chi connectivity index (χ0n) is 12.1. The number of amides is 3. The van der Waals surface area contributed by atoms with Crippen molar-refractivity contribution in [1.82, 2.24) is 15.5 Å². The number of rotatable bonds is 4. The van der Waals surface area contributed by atoms with Crippen molar-refractivity contribution in [3.63, 3.8) is 0 Å². The molecular weight excluding hydrogens is 289 g/mol. The molecule has 0 fully saturated rings. The Hall–Kier alpha value is -2.41. The first-order valence-corrected chi connectivity index (χ1v) is 6.95. The molecule has 0 radical (unpaired) electrons. The Bertz CT molecular complexity index is 659. The summed E-state index contributed by atoms with van der Waals surface area (Å²) < 4.78 is 19.0. The van der Waals surface area contributed by atoms with E-state index in [1.54, 1.807) is 30.2 Å². The maximum absolute atomic E-state index is 14.0. The summed E-state index contributed by atoms with van der Waals surface area (Å²) in [5.41, 5.74) is 1.20. The van der Waals surface area contributed by atoms with Gasteiger partial charge < -0.3 is 20.3 Å². The fraction of sp³-hybridized carbons (Fsp3) is 0.333. The summed E-state index contributed by atoms with van der Waals surface area (Å²) in [5, 5.41) is 5.26. The Kier molecular flexibility index (Phi) is 3.81. The van der Waals surface area contributed by atoms with Crippen LogP contribution in [0.3, 0.4) is 0 Å². The molecule has 1 atom stereocenters. The van der Waals surface area contributed by atoms with Gasteiger partial charge in [0.25, 0.3) is 5.91 Å². The summed E-state index contributed by atoms with van der Waals surface area (Å²) >= 11 is 0. The minimum atomic E-state index is -0.773. The predicted molar refractivity (Wildman–Crippen MR) is 76.3 cm³/mol. The Balaban J connectivity index is 1.95. The van der Waals surface area contributed by atoms with E-state index in [-0.39, 0.29) is 11.5 Å². The molecule has 1 unspecified atom stereocenters. The third-order valence-corrected chi connectivity index (χ3v) is 3.80. The van der Waals surface area contributed by atoms with Gasteiger partial charge in [-0.3, -0.25) is 4.79 Å². The van der Waals surface area contributed by atoms with E-state index >= 15 is 0 Å². The second-order valence-corrected chi connectivity index (χ2v) is 5.16. The van der Waals surface area contributed by atoms with Gasteiger partial charge in [0.1, 0.15) is 5.82 Å². The Morgan fingerprint density at radius 3 is 2.86 bits per heavy atom. The number of urea groups is 1. The van der Waals surface area contributed by atoms with Gasteiger partial charge in [0.15, 0.2) is 0 Å². The first-order valence-electron chi connectivity index (χ1n) is 6.95. The van der Waals surface area contributed by atoms with Crippen molar-refractivity contribution in [2.45, 2.75) is 6.04 Å². The molecule has 2 aliphatic rings. The van der Waals surface area contributed by atoms with Crippen molar-refractivity contribution < 1.29 is 18.7 Å². The molecule has 116 valence electrons. The van der Waals surface area contributed by atoms with Gasteiger partial charge in [0.2, 0.25) is 0 Å². The van der Waals surface area contributed by atoms with Crippen LogP contribution in [-0.4, -0.2) is 43.6 Å². The second-order valence-electron chi connectivity index (χ2n) is 5.16. The van der Waals surface area contributed by atoms with Gasteiger partial charge in [0, 0.05) is 19.2 Å². The second kappa shape index (κ2) is 5.76. The molecule has 2 N–H and O–H groups in total. The van der Waals surface area contributed by atoms with Crippen LogP contribution in [0.4, 0.5) is 9.18 Å². The van der Waals surface area contributed by atoms with Crippen molar-refractivity contribution in [1.29, 1.82) is 0 Å². The van der Waals surface area contributed by atoms with Gasteiger partial charge in [-0.1, -0.05) is 18.2 Å². The fourth-order valence-corrected chi connectivity index (χ4v) is 2.75. The number of halogens is 1. The molecule has 3 amide bonds. The van der Waals surface area contributed by atoms with Crippen molar-refractivity contribution in [2.24, 2.45) is 0 Å². The van der Waals surface area contributed by atoms with E-state index in [9.17, 15) is 14.0 Å². The maximum atomic E-state index is 14.0. The Morgan fingerprint density at radius 1 is 1.36 bits per heavy atom. The molecular formula is C15H16FN3O3. The lowest BCUT2D eigenvalue weighted by Crippen LogP contribution is -2.44. The molecule has 1 aromatic carbocycles. The molecule has 0 bridgehead atoms. The fourth-order valence-electron chi connectivity index (χ4n) is 2.75. The highest BCUT2D eigenvalue weighted by atomic mass is 19.1. The molecule has 7 heteroatoms. The molecule has 0 saturated carbocycles. The number of hydrogen-bond donors (Lipinski definition) is 2. The number of nitrogens with zero attached hydrogens (tertiary/aromatic N) is 1. The molecule has 22 heavy (non-hydrogen) atoms. The lowest BCUT2D eigenvalue weighted by Gasteiger charge is -2.25. The smallest absolute Gasteiger partial charge is 0.319 e. The molecule has 0 aliphatic carbocycles. The molecule has 2 aliphatic heterocycles. The summed E-state index contributed by atoms with van der Waals surface area (Å²) in [6.45, 7) is 1.12. The van der Waals surface area contributed by atoms with Crippen LogP contribution in [0.1, 0.15) is 11.6 Å². The number of carbonyl (C=O) groups is 2. The third kappa shape index (κ3) is 2.43. The zero-order chi connectivity index (χ0) is 15.7. The topological polar surface area (TPSA) is 70.7 Å². The summed E-state index contributed by atoms with van der Waals surface area (Å²) in [6, 6.07) is 4.92. The molecule has 2 heterocycles. The van der Waals surface area contributed by atoms with E-state index in [4.69, 9.17) is 4.74 Å². The van der Waals surface area contributed by atoms with E-state index in [0.717, 1.165) is 0 Å².